The van der Waals surface area contributed by atoms with E-state index in [0.717, 1.165) is 51.4 Å². The van der Waals surface area contributed by atoms with Crippen LogP contribution in [0.2, 0.25) is 0 Å². The number of carbonyl (C=O) groups excluding carboxylic acids is 1. The third kappa shape index (κ3) is 46.5. The zero-order valence-electron chi connectivity index (χ0n) is 40.9. The maximum Gasteiger partial charge on any atom is 0.268 e. The van der Waals surface area contributed by atoms with E-state index in [1.54, 1.807) is 6.08 Å². The summed E-state index contributed by atoms with van der Waals surface area (Å²) in [4.78, 5) is 25.4. The summed E-state index contributed by atoms with van der Waals surface area (Å²) in [6, 6.07) is -0.906. The number of likely N-dealkylation sites (N-methyl/N-ethyl adjacent to an activating group) is 1. The Kier molecular flexibility index (Phi) is 43.0. The minimum absolute atomic E-state index is 0.00764. The number of aliphatic hydroxyl groups excluding tert-OH is 1. The second-order valence-electron chi connectivity index (χ2n) is 18.9. The molecule has 8 nitrogen and oxygen atoms in total. The van der Waals surface area contributed by atoms with Gasteiger partial charge in [0, 0.05) is 6.42 Å². The molecule has 0 saturated carbocycles. The standard InChI is InChI=1S/C52H101N2O6P/c1-6-8-10-12-14-16-18-20-22-23-24-25-26-27-28-29-30-32-33-35-37-39-41-43-45-51(55)50(49-60-61(57,58)59-48-47-54(3,4)5)53-52(56)46-44-42-40-38-36-34-31-21-19-17-15-13-11-9-7-2/h21,31,35,37,43,45,50-51,55H,6-20,22-30,32-34,36,38-42,44,46-49H2,1-5H3,(H-,53,56,57,58)/b31-21-,37-35+,45-43+. The molecule has 0 aromatic carbocycles. The third-order valence-corrected chi connectivity index (χ3v) is 12.5. The summed E-state index contributed by atoms with van der Waals surface area (Å²) >= 11 is 0. The number of phosphoric ester groups is 1. The Balaban J connectivity index is 4.32. The molecule has 0 aromatic heterocycles. The summed E-state index contributed by atoms with van der Waals surface area (Å²) in [6.45, 7) is 4.63. The number of aliphatic hydroxyl groups is 1. The SMILES string of the molecule is CCCCCCCC/C=C\CCCCCCCC(=O)NC(COP(=O)([O-])OCC[N+](C)(C)C)C(O)/C=C/CC/C=C/CCCCCCCCCCCCCCCCCCCC. The maximum absolute atomic E-state index is 12.9. The Hall–Kier alpha value is -1.28. The number of rotatable bonds is 47. The van der Waals surface area contributed by atoms with Crippen molar-refractivity contribution in [2.75, 3.05) is 40.9 Å². The molecule has 1 amide bonds. The summed E-state index contributed by atoms with van der Waals surface area (Å²) < 4.78 is 23.2. The molecule has 0 radical (unpaired) electrons. The van der Waals surface area contributed by atoms with Crippen LogP contribution in [0.15, 0.2) is 36.5 Å². The minimum atomic E-state index is -4.60. The molecule has 0 aromatic rings. The van der Waals surface area contributed by atoms with E-state index in [2.05, 4.69) is 43.5 Å². The summed E-state index contributed by atoms with van der Waals surface area (Å²) in [5, 5.41) is 13.8. The predicted octanol–water partition coefficient (Wildman–Crippen LogP) is 14.4. The van der Waals surface area contributed by atoms with Crippen molar-refractivity contribution in [1.82, 2.24) is 5.32 Å². The van der Waals surface area contributed by atoms with E-state index in [-0.39, 0.29) is 12.5 Å². The Morgan fingerprint density at radius 3 is 1.33 bits per heavy atom. The first kappa shape index (κ1) is 59.7. The summed E-state index contributed by atoms with van der Waals surface area (Å²) in [5.74, 6) is -0.215. The van der Waals surface area contributed by atoms with E-state index in [1.165, 1.54) is 167 Å². The molecule has 0 heterocycles. The molecule has 0 aliphatic carbocycles. The van der Waals surface area contributed by atoms with Gasteiger partial charge in [-0.05, 0) is 57.8 Å². The molecule has 2 N–H and O–H groups in total. The van der Waals surface area contributed by atoms with Crippen LogP contribution in [0.25, 0.3) is 0 Å². The van der Waals surface area contributed by atoms with Gasteiger partial charge in [0.15, 0.2) is 0 Å². The number of allylic oxidation sites excluding steroid dienone is 5. The van der Waals surface area contributed by atoms with Gasteiger partial charge in [-0.3, -0.25) is 9.36 Å². The molecule has 61 heavy (non-hydrogen) atoms. The van der Waals surface area contributed by atoms with Crippen LogP contribution in [-0.4, -0.2) is 68.5 Å². The smallest absolute Gasteiger partial charge is 0.268 e. The molecule has 0 fully saturated rings. The lowest BCUT2D eigenvalue weighted by Crippen LogP contribution is -2.45. The van der Waals surface area contributed by atoms with Crippen LogP contribution >= 0.6 is 7.82 Å². The van der Waals surface area contributed by atoms with Crippen molar-refractivity contribution in [2.24, 2.45) is 0 Å². The van der Waals surface area contributed by atoms with Crippen LogP contribution < -0.4 is 10.2 Å². The van der Waals surface area contributed by atoms with E-state index in [1.807, 2.05) is 27.2 Å². The molecule has 0 aliphatic heterocycles. The number of phosphoric acid groups is 1. The van der Waals surface area contributed by atoms with E-state index in [9.17, 15) is 19.4 Å². The Labute approximate surface area is 378 Å². The van der Waals surface area contributed by atoms with E-state index in [4.69, 9.17) is 9.05 Å². The van der Waals surface area contributed by atoms with Gasteiger partial charge in [-0.1, -0.05) is 211 Å². The molecule has 0 bridgehead atoms. The molecular weight excluding hydrogens is 780 g/mol. The molecule has 0 aliphatic rings. The molecule has 9 heteroatoms. The van der Waals surface area contributed by atoms with Gasteiger partial charge in [-0.15, -0.1) is 0 Å². The Bertz CT molecular complexity index is 1090. The molecule has 3 atom stereocenters. The normalized spacial score (nSPS) is 14.4. The fourth-order valence-electron chi connectivity index (χ4n) is 7.46. The monoisotopic (exact) mass is 881 g/mol. The van der Waals surface area contributed by atoms with Crippen molar-refractivity contribution in [3.63, 3.8) is 0 Å². The molecule has 0 saturated heterocycles. The first-order chi connectivity index (χ1) is 29.5. The average molecular weight is 881 g/mol. The van der Waals surface area contributed by atoms with Crippen LogP contribution in [0.5, 0.6) is 0 Å². The largest absolute Gasteiger partial charge is 0.756 e. The van der Waals surface area contributed by atoms with Crippen molar-refractivity contribution in [1.29, 1.82) is 0 Å². The first-order valence-corrected chi connectivity index (χ1v) is 27.3. The molecular formula is C52H101N2O6P. The number of quaternary nitrogens is 1. The fraction of sp³-hybridized carbons (Fsp3) is 0.865. The highest BCUT2D eigenvalue weighted by Gasteiger charge is 2.23. The number of amides is 1. The number of nitrogens with zero attached hydrogens (tertiary/aromatic N) is 1. The zero-order chi connectivity index (χ0) is 45.0. The zero-order valence-corrected chi connectivity index (χ0v) is 41.8. The average Bonchev–Trinajstić information content (AvgIpc) is 3.21. The van der Waals surface area contributed by atoms with Crippen molar-refractivity contribution < 1.29 is 32.9 Å². The van der Waals surface area contributed by atoms with E-state index in [0.29, 0.717) is 17.4 Å². The highest BCUT2D eigenvalue weighted by atomic mass is 31.2. The minimum Gasteiger partial charge on any atom is -0.756 e. The molecule has 0 spiro atoms. The highest BCUT2D eigenvalue weighted by Crippen LogP contribution is 2.38. The van der Waals surface area contributed by atoms with Crippen molar-refractivity contribution >= 4 is 13.7 Å². The highest BCUT2D eigenvalue weighted by molar-refractivity contribution is 7.45. The fourth-order valence-corrected chi connectivity index (χ4v) is 8.18. The number of unbranched alkanes of at least 4 members (excludes halogenated alkanes) is 30. The summed E-state index contributed by atoms with van der Waals surface area (Å²) in [5.41, 5.74) is 0. The lowest BCUT2D eigenvalue weighted by atomic mass is 10.0. The summed E-state index contributed by atoms with van der Waals surface area (Å²) in [6.07, 6.45) is 55.0. The third-order valence-electron chi connectivity index (χ3n) is 11.6. The van der Waals surface area contributed by atoms with Gasteiger partial charge >= 0.3 is 0 Å². The van der Waals surface area contributed by atoms with Gasteiger partial charge in [0.05, 0.1) is 39.9 Å². The van der Waals surface area contributed by atoms with E-state index >= 15 is 0 Å². The predicted molar refractivity (Wildman–Crippen MR) is 261 cm³/mol. The second-order valence-corrected chi connectivity index (χ2v) is 20.3. The van der Waals surface area contributed by atoms with Crippen LogP contribution in [0.3, 0.4) is 0 Å². The van der Waals surface area contributed by atoms with Gasteiger partial charge in [0.25, 0.3) is 7.82 Å². The quantitative estimate of drug-likeness (QED) is 0.0273. The molecule has 3 unspecified atom stereocenters. The van der Waals surface area contributed by atoms with Gasteiger partial charge < -0.3 is 28.8 Å². The van der Waals surface area contributed by atoms with Crippen molar-refractivity contribution in [2.45, 2.75) is 251 Å². The van der Waals surface area contributed by atoms with Gasteiger partial charge in [0.1, 0.15) is 13.2 Å². The molecule has 0 rings (SSSR count). The van der Waals surface area contributed by atoms with Crippen LogP contribution in [0.4, 0.5) is 0 Å². The summed E-state index contributed by atoms with van der Waals surface area (Å²) in [7, 11) is 1.24. The van der Waals surface area contributed by atoms with Gasteiger partial charge in [-0.25, -0.2) is 0 Å². The Morgan fingerprint density at radius 1 is 0.557 bits per heavy atom. The second kappa shape index (κ2) is 43.9. The van der Waals surface area contributed by atoms with Crippen LogP contribution in [-0.2, 0) is 18.4 Å². The maximum atomic E-state index is 12.9. The molecule has 360 valence electrons. The Morgan fingerprint density at radius 2 is 0.918 bits per heavy atom. The van der Waals surface area contributed by atoms with Crippen molar-refractivity contribution in [3.05, 3.63) is 36.5 Å². The van der Waals surface area contributed by atoms with E-state index < -0.39 is 26.6 Å². The lowest BCUT2D eigenvalue weighted by molar-refractivity contribution is -0.870. The van der Waals surface area contributed by atoms with Crippen LogP contribution in [0, 0.1) is 0 Å². The number of hydrogen-bond donors (Lipinski definition) is 2. The lowest BCUT2D eigenvalue weighted by Gasteiger charge is -2.29. The van der Waals surface area contributed by atoms with Crippen molar-refractivity contribution in [3.8, 4) is 0 Å². The number of nitrogens with one attached hydrogen (secondary N) is 1. The van der Waals surface area contributed by atoms with Gasteiger partial charge in [-0.2, -0.15) is 0 Å². The topological polar surface area (TPSA) is 108 Å². The van der Waals surface area contributed by atoms with Crippen LogP contribution in [0.1, 0.15) is 239 Å². The number of carbonyl (C=O) groups is 1. The first-order valence-electron chi connectivity index (χ1n) is 25.9. The number of hydrogen-bond acceptors (Lipinski definition) is 6. The van der Waals surface area contributed by atoms with Gasteiger partial charge in [0.2, 0.25) is 5.91 Å².